The molecule has 1 aromatic rings. The molecule has 1 aliphatic carbocycles. The van der Waals surface area contributed by atoms with Gasteiger partial charge in [0.25, 0.3) is 0 Å². The minimum absolute atomic E-state index is 0.152. The number of benzene rings is 1. The van der Waals surface area contributed by atoms with Crippen molar-refractivity contribution in [1.29, 1.82) is 0 Å². The Kier molecular flexibility index (Phi) is 4.06. The zero-order chi connectivity index (χ0) is 12.3. The van der Waals surface area contributed by atoms with Crippen LogP contribution in [0.3, 0.4) is 0 Å². The topological polar surface area (TPSA) is 29.1 Å². The smallest absolute Gasteiger partial charge is 0.220 e. The number of carbonyl (C=O) groups is 1. The van der Waals surface area contributed by atoms with E-state index in [4.69, 9.17) is 11.6 Å². The van der Waals surface area contributed by atoms with Crippen molar-refractivity contribution in [1.82, 2.24) is 5.32 Å². The van der Waals surface area contributed by atoms with Gasteiger partial charge in [-0.2, -0.15) is 0 Å². The van der Waals surface area contributed by atoms with Crippen LogP contribution in [0.25, 0.3) is 0 Å². The molecule has 0 saturated heterocycles. The van der Waals surface area contributed by atoms with Crippen LogP contribution in [0.5, 0.6) is 0 Å². The summed E-state index contributed by atoms with van der Waals surface area (Å²) in [4.78, 5) is 11.7. The zero-order valence-corrected chi connectivity index (χ0v) is 10.8. The van der Waals surface area contributed by atoms with E-state index in [1.807, 2.05) is 24.3 Å². The Labute approximate surface area is 107 Å². The predicted octanol–water partition coefficient (Wildman–Crippen LogP) is 3.19. The molecular weight excluding hydrogens is 234 g/mol. The van der Waals surface area contributed by atoms with Crippen LogP contribution >= 0.6 is 11.6 Å². The van der Waals surface area contributed by atoms with Crippen molar-refractivity contribution in [2.75, 3.05) is 0 Å². The molecule has 2 rings (SSSR count). The number of carbonyl (C=O) groups excluding carboxylic acids is 1. The molecule has 1 amide bonds. The zero-order valence-electron chi connectivity index (χ0n) is 10.1. The molecule has 1 fully saturated rings. The Balaban J connectivity index is 1.73. The Morgan fingerprint density at radius 1 is 1.41 bits per heavy atom. The second kappa shape index (κ2) is 5.54. The first-order valence-corrected chi connectivity index (χ1v) is 6.57. The third kappa shape index (κ3) is 4.04. The summed E-state index contributed by atoms with van der Waals surface area (Å²) in [6.07, 6.45) is 3.86. The first-order valence-electron chi connectivity index (χ1n) is 6.19. The molecule has 0 bridgehead atoms. The quantitative estimate of drug-likeness (QED) is 0.856. The summed E-state index contributed by atoms with van der Waals surface area (Å²) in [7, 11) is 0. The highest BCUT2D eigenvalue weighted by atomic mass is 35.5. The second-order valence-electron chi connectivity index (χ2n) is 4.82. The number of hydrogen-bond donors (Lipinski definition) is 1. The molecule has 1 aliphatic rings. The molecule has 1 atom stereocenters. The highest BCUT2D eigenvalue weighted by Crippen LogP contribution is 2.32. The largest absolute Gasteiger partial charge is 0.353 e. The number of halogens is 1. The van der Waals surface area contributed by atoms with E-state index in [1.54, 1.807) is 0 Å². The fraction of sp³-hybridized carbons (Fsp3) is 0.500. The molecule has 0 radical (unpaired) electrons. The van der Waals surface area contributed by atoms with Crippen LogP contribution in [-0.4, -0.2) is 11.9 Å². The average molecular weight is 252 g/mol. The first kappa shape index (κ1) is 12.4. The van der Waals surface area contributed by atoms with Crippen molar-refractivity contribution in [2.24, 2.45) is 5.92 Å². The van der Waals surface area contributed by atoms with Crippen LogP contribution in [0.1, 0.15) is 31.7 Å². The van der Waals surface area contributed by atoms with Gasteiger partial charge in [0, 0.05) is 17.5 Å². The van der Waals surface area contributed by atoms with Gasteiger partial charge in [-0.3, -0.25) is 4.79 Å². The highest BCUT2D eigenvalue weighted by molar-refractivity contribution is 6.30. The summed E-state index contributed by atoms with van der Waals surface area (Å²) in [5.74, 6) is 0.869. The average Bonchev–Trinajstić information content (AvgIpc) is 3.12. The predicted molar refractivity (Wildman–Crippen MR) is 70.1 cm³/mol. The molecule has 3 heteroatoms. The SMILES string of the molecule is CC(NC(=O)CCc1ccc(Cl)cc1)C1CC1. The highest BCUT2D eigenvalue weighted by Gasteiger charge is 2.28. The van der Waals surface area contributed by atoms with Gasteiger partial charge in [0.1, 0.15) is 0 Å². The maximum absolute atomic E-state index is 11.7. The van der Waals surface area contributed by atoms with Crippen molar-refractivity contribution in [3.63, 3.8) is 0 Å². The Morgan fingerprint density at radius 2 is 2.06 bits per heavy atom. The second-order valence-corrected chi connectivity index (χ2v) is 5.26. The third-order valence-electron chi connectivity index (χ3n) is 3.27. The molecule has 1 saturated carbocycles. The van der Waals surface area contributed by atoms with Gasteiger partial charge in [-0.1, -0.05) is 23.7 Å². The maximum atomic E-state index is 11.7. The van der Waals surface area contributed by atoms with E-state index in [0.717, 1.165) is 22.9 Å². The van der Waals surface area contributed by atoms with Gasteiger partial charge in [0.05, 0.1) is 0 Å². The lowest BCUT2D eigenvalue weighted by Crippen LogP contribution is -2.34. The van der Waals surface area contributed by atoms with Crippen molar-refractivity contribution >= 4 is 17.5 Å². The molecule has 17 heavy (non-hydrogen) atoms. The summed E-state index contributed by atoms with van der Waals surface area (Å²) in [6.45, 7) is 2.10. The van der Waals surface area contributed by atoms with Crippen molar-refractivity contribution in [3.05, 3.63) is 34.9 Å². The van der Waals surface area contributed by atoms with Crippen LogP contribution < -0.4 is 5.32 Å². The molecule has 92 valence electrons. The number of rotatable bonds is 5. The lowest BCUT2D eigenvalue weighted by Gasteiger charge is -2.12. The Bertz CT molecular complexity index is 384. The van der Waals surface area contributed by atoms with Gasteiger partial charge in [-0.05, 0) is 49.8 Å². The van der Waals surface area contributed by atoms with Gasteiger partial charge in [-0.25, -0.2) is 0 Å². The molecule has 0 heterocycles. The van der Waals surface area contributed by atoms with Gasteiger partial charge in [0.15, 0.2) is 0 Å². The lowest BCUT2D eigenvalue weighted by molar-refractivity contribution is -0.121. The van der Waals surface area contributed by atoms with E-state index in [-0.39, 0.29) is 5.91 Å². The van der Waals surface area contributed by atoms with Gasteiger partial charge >= 0.3 is 0 Å². The Morgan fingerprint density at radius 3 is 2.65 bits per heavy atom. The summed E-state index contributed by atoms with van der Waals surface area (Å²) >= 11 is 5.81. The summed E-state index contributed by atoms with van der Waals surface area (Å²) in [5.41, 5.74) is 1.16. The van der Waals surface area contributed by atoms with Gasteiger partial charge < -0.3 is 5.32 Å². The molecule has 2 nitrogen and oxygen atoms in total. The summed E-state index contributed by atoms with van der Waals surface area (Å²) < 4.78 is 0. The van der Waals surface area contributed by atoms with Crippen LogP contribution in [0.15, 0.2) is 24.3 Å². The van der Waals surface area contributed by atoms with Crippen molar-refractivity contribution in [2.45, 2.75) is 38.6 Å². The van der Waals surface area contributed by atoms with Crippen LogP contribution in [0, 0.1) is 5.92 Å². The van der Waals surface area contributed by atoms with E-state index in [2.05, 4.69) is 12.2 Å². The standard InChI is InChI=1S/C14H18ClNO/c1-10(12-5-6-12)16-14(17)9-4-11-2-7-13(15)8-3-11/h2-3,7-8,10,12H,4-6,9H2,1H3,(H,16,17). The summed E-state index contributed by atoms with van der Waals surface area (Å²) in [6, 6.07) is 8.01. The van der Waals surface area contributed by atoms with Crippen molar-refractivity contribution < 1.29 is 4.79 Å². The lowest BCUT2D eigenvalue weighted by atomic mass is 10.1. The molecule has 1 aromatic carbocycles. The van der Waals surface area contributed by atoms with Crippen LogP contribution in [-0.2, 0) is 11.2 Å². The van der Waals surface area contributed by atoms with Gasteiger partial charge in [0.2, 0.25) is 5.91 Å². The minimum Gasteiger partial charge on any atom is -0.353 e. The monoisotopic (exact) mass is 251 g/mol. The fourth-order valence-electron chi connectivity index (χ4n) is 1.95. The van der Waals surface area contributed by atoms with E-state index in [1.165, 1.54) is 12.8 Å². The summed E-state index contributed by atoms with van der Waals surface area (Å²) in [5, 5.41) is 3.80. The third-order valence-corrected chi connectivity index (χ3v) is 3.52. The van der Waals surface area contributed by atoms with Gasteiger partial charge in [-0.15, -0.1) is 0 Å². The fourth-order valence-corrected chi connectivity index (χ4v) is 2.08. The van der Waals surface area contributed by atoms with Crippen LogP contribution in [0.4, 0.5) is 0 Å². The molecule has 1 N–H and O–H groups in total. The minimum atomic E-state index is 0.152. The molecular formula is C14H18ClNO. The maximum Gasteiger partial charge on any atom is 0.220 e. The normalized spacial score (nSPS) is 16.6. The first-order chi connectivity index (χ1) is 8.15. The Hall–Kier alpha value is -1.02. The van der Waals surface area contributed by atoms with E-state index < -0.39 is 0 Å². The van der Waals surface area contributed by atoms with E-state index >= 15 is 0 Å². The molecule has 0 spiro atoms. The number of nitrogens with one attached hydrogen (secondary N) is 1. The van der Waals surface area contributed by atoms with E-state index in [0.29, 0.717) is 12.5 Å². The van der Waals surface area contributed by atoms with Crippen LogP contribution in [0.2, 0.25) is 5.02 Å². The molecule has 0 aliphatic heterocycles. The molecule has 1 unspecified atom stereocenters. The number of aryl methyl sites for hydroxylation is 1. The molecule has 0 aromatic heterocycles. The van der Waals surface area contributed by atoms with E-state index in [9.17, 15) is 4.79 Å². The van der Waals surface area contributed by atoms with Crippen molar-refractivity contribution in [3.8, 4) is 0 Å². The number of hydrogen-bond acceptors (Lipinski definition) is 1. The number of amides is 1.